The van der Waals surface area contributed by atoms with Gasteiger partial charge in [-0.3, -0.25) is 4.79 Å². The minimum absolute atomic E-state index is 0.0633. The molecule has 0 saturated carbocycles. The predicted octanol–water partition coefficient (Wildman–Crippen LogP) is 4.03. The number of hydrogen-bond acceptors (Lipinski definition) is 3. The van der Waals surface area contributed by atoms with Crippen LogP contribution in [0.1, 0.15) is 37.6 Å². The van der Waals surface area contributed by atoms with Crippen molar-refractivity contribution in [2.75, 3.05) is 13.1 Å². The van der Waals surface area contributed by atoms with Gasteiger partial charge in [0.05, 0.1) is 5.56 Å². The van der Waals surface area contributed by atoms with E-state index in [-0.39, 0.29) is 23.0 Å². The van der Waals surface area contributed by atoms with Gasteiger partial charge in [0, 0.05) is 19.2 Å². The lowest BCUT2D eigenvalue weighted by molar-refractivity contribution is 0.0776. The highest BCUT2D eigenvalue weighted by Gasteiger charge is 2.18. The van der Waals surface area contributed by atoms with E-state index in [1.807, 2.05) is 51.2 Å². The number of allylic oxidation sites excluding steroid dienone is 4. The molecule has 2 rings (SSSR count). The van der Waals surface area contributed by atoms with Gasteiger partial charge >= 0.3 is 0 Å². The maximum atomic E-state index is 12.5. The van der Waals surface area contributed by atoms with Gasteiger partial charge in [0.15, 0.2) is 0 Å². The van der Waals surface area contributed by atoms with Crippen LogP contribution in [0.15, 0.2) is 54.2 Å². The van der Waals surface area contributed by atoms with Crippen molar-refractivity contribution in [2.24, 2.45) is 0 Å². The van der Waals surface area contributed by atoms with Crippen LogP contribution in [0.2, 0.25) is 0 Å². The first-order valence-electron chi connectivity index (χ1n) is 7.95. The molecule has 0 aliphatic heterocycles. The van der Waals surface area contributed by atoms with Gasteiger partial charge < -0.3 is 15.1 Å². The Labute approximate surface area is 138 Å². The molecule has 1 amide bonds. The zero-order chi connectivity index (χ0) is 17.2. The Bertz CT molecular complexity index is 615. The van der Waals surface area contributed by atoms with Crippen LogP contribution in [0.5, 0.6) is 11.5 Å². The molecule has 1 aromatic rings. The van der Waals surface area contributed by atoms with Crippen LogP contribution in [-0.2, 0) is 0 Å². The Morgan fingerprint density at radius 3 is 2.61 bits per heavy atom. The van der Waals surface area contributed by atoms with E-state index in [1.165, 1.54) is 18.2 Å². The molecule has 0 spiro atoms. The van der Waals surface area contributed by atoms with Crippen molar-refractivity contribution in [3.8, 4) is 11.5 Å². The summed E-state index contributed by atoms with van der Waals surface area (Å²) in [6.07, 6.45) is 11.0. The van der Waals surface area contributed by atoms with E-state index in [0.29, 0.717) is 13.1 Å². The largest absolute Gasteiger partial charge is 0.508 e. The van der Waals surface area contributed by atoms with Crippen LogP contribution in [0.3, 0.4) is 0 Å². The third-order valence-electron chi connectivity index (χ3n) is 3.30. The molecule has 1 aliphatic rings. The summed E-state index contributed by atoms with van der Waals surface area (Å²) in [6, 6.07) is 4.01. The minimum Gasteiger partial charge on any atom is -0.508 e. The van der Waals surface area contributed by atoms with E-state index in [4.69, 9.17) is 0 Å². The second-order valence-electron chi connectivity index (χ2n) is 4.83. The first-order valence-corrected chi connectivity index (χ1v) is 7.95. The van der Waals surface area contributed by atoms with Gasteiger partial charge in [-0.25, -0.2) is 0 Å². The summed E-state index contributed by atoms with van der Waals surface area (Å²) in [4.78, 5) is 14.1. The molecule has 0 radical (unpaired) electrons. The molecule has 2 N–H and O–H groups in total. The fourth-order valence-electron chi connectivity index (χ4n) is 2.15. The predicted molar refractivity (Wildman–Crippen MR) is 93.7 cm³/mol. The smallest absolute Gasteiger partial charge is 0.257 e. The Balaban J connectivity index is 0.00000127. The fourth-order valence-corrected chi connectivity index (χ4v) is 2.15. The Morgan fingerprint density at radius 1 is 1.22 bits per heavy atom. The number of phenolic OH excluding ortho intramolecular Hbond substituents is 2. The number of hydrogen-bond donors (Lipinski definition) is 2. The molecular weight excluding hydrogens is 290 g/mol. The Morgan fingerprint density at radius 2 is 1.96 bits per heavy atom. The van der Waals surface area contributed by atoms with Crippen molar-refractivity contribution in [2.45, 2.75) is 27.2 Å². The standard InChI is InChI=1S/C17H19NO3.C2H6/c1-2-18(12-13-7-5-3-4-6-8-13)17(21)15-10-9-14(19)11-16(15)20;1-2/h3,5-11,19-20H,2,4,12H2,1H3;1-2H3. The third-order valence-corrected chi connectivity index (χ3v) is 3.30. The average molecular weight is 315 g/mol. The van der Waals surface area contributed by atoms with Crippen molar-refractivity contribution in [1.82, 2.24) is 4.90 Å². The highest BCUT2D eigenvalue weighted by molar-refractivity contribution is 5.97. The van der Waals surface area contributed by atoms with Gasteiger partial charge in [0.1, 0.15) is 11.5 Å². The zero-order valence-corrected chi connectivity index (χ0v) is 14.0. The number of carbonyl (C=O) groups excluding carboxylic acids is 1. The van der Waals surface area contributed by atoms with Crippen LogP contribution in [0, 0.1) is 0 Å². The van der Waals surface area contributed by atoms with Crippen molar-refractivity contribution in [3.05, 3.63) is 59.7 Å². The Hall–Kier alpha value is -2.49. The molecule has 0 aromatic heterocycles. The van der Waals surface area contributed by atoms with Crippen LogP contribution in [0.25, 0.3) is 0 Å². The van der Waals surface area contributed by atoms with E-state index >= 15 is 0 Å². The van der Waals surface area contributed by atoms with Crippen molar-refractivity contribution in [1.29, 1.82) is 0 Å². The summed E-state index contributed by atoms with van der Waals surface area (Å²) in [5.41, 5.74) is 1.24. The molecule has 124 valence electrons. The second-order valence-corrected chi connectivity index (χ2v) is 4.83. The molecule has 4 heteroatoms. The maximum absolute atomic E-state index is 12.5. The highest BCUT2D eigenvalue weighted by atomic mass is 16.3. The number of rotatable bonds is 4. The van der Waals surface area contributed by atoms with E-state index in [2.05, 4.69) is 0 Å². The lowest BCUT2D eigenvalue weighted by Gasteiger charge is -2.22. The summed E-state index contributed by atoms with van der Waals surface area (Å²) in [7, 11) is 0. The number of carbonyl (C=O) groups is 1. The quantitative estimate of drug-likeness (QED) is 0.882. The van der Waals surface area contributed by atoms with Crippen molar-refractivity contribution >= 4 is 5.91 Å². The molecule has 4 nitrogen and oxygen atoms in total. The molecule has 1 aromatic carbocycles. The van der Waals surface area contributed by atoms with Gasteiger partial charge in [-0.05, 0) is 31.1 Å². The summed E-state index contributed by atoms with van der Waals surface area (Å²) in [5, 5.41) is 19.1. The molecule has 1 aliphatic carbocycles. The molecule has 0 fully saturated rings. The normalized spacial score (nSPS) is 12.7. The van der Waals surface area contributed by atoms with Crippen LogP contribution in [-0.4, -0.2) is 34.1 Å². The molecule has 0 bridgehead atoms. The monoisotopic (exact) mass is 315 g/mol. The number of phenols is 2. The zero-order valence-electron chi connectivity index (χ0n) is 14.0. The van der Waals surface area contributed by atoms with E-state index in [1.54, 1.807) is 4.90 Å². The molecular formula is C19H25NO3. The van der Waals surface area contributed by atoms with Crippen LogP contribution >= 0.6 is 0 Å². The van der Waals surface area contributed by atoms with Gasteiger partial charge in [-0.2, -0.15) is 0 Å². The first kappa shape index (κ1) is 18.6. The third kappa shape index (κ3) is 5.33. The van der Waals surface area contributed by atoms with E-state index < -0.39 is 0 Å². The first-order chi connectivity index (χ1) is 11.1. The molecule has 0 heterocycles. The van der Waals surface area contributed by atoms with Gasteiger partial charge in [0.25, 0.3) is 5.91 Å². The van der Waals surface area contributed by atoms with Crippen LogP contribution in [0.4, 0.5) is 0 Å². The highest BCUT2D eigenvalue weighted by Crippen LogP contribution is 2.24. The number of aromatic hydroxyl groups is 2. The number of amides is 1. The van der Waals surface area contributed by atoms with Gasteiger partial charge in [-0.1, -0.05) is 44.2 Å². The summed E-state index contributed by atoms with van der Waals surface area (Å²) in [5.74, 6) is -0.520. The molecule has 0 unspecified atom stereocenters. The van der Waals surface area contributed by atoms with Gasteiger partial charge in [-0.15, -0.1) is 0 Å². The number of likely N-dealkylation sites (N-methyl/N-ethyl adjacent to an activating group) is 1. The maximum Gasteiger partial charge on any atom is 0.257 e. The molecule has 23 heavy (non-hydrogen) atoms. The lowest BCUT2D eigenvalue weighted by Crippen LogP contribution is -2.32. The fraction of sp³-hybridized carbons (Fsp3) is 0.316. The number of benzene rings is 1. The summed E-state index contributed by atoms with van der Waals surface area (Å²) < 4.78 is 0. The SMILES string of the molecule is CC.CCN(CC1=CC=CCC=C1)C(=O)c1ccc(O)cc1O. The summed E-state index contributed by atoms with van der Waals surface area (Å²) >= 11 is 0. The topological polar surface area (TPSA) is 60.8 Å². The second kappa shape index (κ2) is 9.51. The minimum atomic E-state index is -0.252. The molecule has 0 saturated heterocycles. The molecule has 0 atom stereocenters. The lowest BCUT2D eigenvalue weighted by atomic mass is 10.1. The van der Waals surface area contributed by atoms with E-state index in [0.717, 1.165) is 12.0 Å². The van der Waals surface area contributed by atoms with Crippen LogP contribution < -0.4 is 0 Å². The summed E-state index contributed by atoms with van der Waals surface area (Å²) in [6.45, 7) is 6.91. The van der Waals surface area contributed by atoms with Gasteiger partial charge in [0.2, 0.25) is 0 Å². The number of nitrogens with zero attached hydrogens (tertiary/aromatic N) is 1. The average Bonchev–Trinajstić information content (AvgIpc) is 2.82. The van der Waals surface area contributed by atoms with E-state index in [9.17, 15) is 15.0 Å². The van der Waals surface area contributed by atoms with Crippen molar-refractivity contribution < 1.29 is 15.0 Å². The van der Waals surface area contributed by atoms with Crippen molar-refractivity contribution in [3.63, 3.8) is 0 Å². The Kier molecular flexibility index (Phi) is 7.67.